The third kappa shape index (κ3) is 0.781. The molecule has 4 bridgehead atoms. The van der Waals surface area contributed by atoms with Crippen LogP contribution in [0.2, 0.25) is 0 Å². The summed E-state index contributed by atoms with van der Waals surface area (Å²) < 4.78 is 0. The van der Waals surface area contributed by atoms with Crippen LogP contribution in [0.5, 0.6) is 0 Å². The van der Waals surface area contributed by atoms with Crippen LogP contribution in [0, 0.1) is 0 Å². The summed E-state index contributed by atoms with van der Waals surface area (Å²) >= 11 is 0. The van der Waals surface area contributed by atoms with Gasteiger partial charge in [0.05, 0.1) is 0 Å². The van der Waals surface area contributed by atoms with E-state index in [-0.39, 0.29) is 0 Å². The average Bonchev–Trinajstić information content (AvgIpc) is 2.17. The molecule has 0 amide bonds. The van der Waals surface area contributed by atoms with E-state index in [0.29, 0.717) is 0 Å². The number of rotatable bonds is 0. The van der Waals surface area contributed by atoms with Crippen molar-refractivity contribution in [3.8, 4) is 0 Å². The molecule has 12 heavy (non-hydrogen) atoms. The number of allylic oxidation sites excluding steroid dienone is 8. The summed E-state index contributed by atoms with van der Waals surface area (Å²) in [5.74, 6) is 0. The van der Waals surface area contributed by atoms with Gasteiger partial charge in [-0.05, 0) is 48.0 Å². The Morgan fingerprint density at radius 1 is 1.00 bits per heavy atom. The van der Waals surface area contributed by atoms with Crippen molar-refractivity contribution in [3.05, 3.63) is 46.6 Å². The molecule has 60 valence electrons. The number of fused-ring (bicyclic) bond motifs is 4. The standard InChI is InChI=1S/C12H12/c1-3-9-7-10(4-1)12-6-2-5-11(9)8-12/h1,3-4,8H,2,5-7H2. The zero-order valence-corrected chi connectivity index (χ0v) is 7.14. The molecule has 0 nitrogen and oxygen atoms in total. The quantitative estimate of drug-likeness (QED) is 0.505. The Morgan fingerprint density at radius 3 is 3.00 bits per heavy atom. The minimum Gasteiger partial charge on any atom is -0.0617 e. The van der Waals surface area contributed by atoms with Crippen LogP contribution in [-0.2, 0) is 0 Å². The summed E-state index contributed by atoms with van der Waals surface area (Å²) in [6.45, 7) is 0. The van der Waals surface area contributed by atoms with E-state index in [9.17, 15) is 0 Å². The van der Waals surface area contributed by atoms with E-state index < -0.39 is 0 Å². The third-order valence-corrected chi connectivity index (χ3v) is 3.04. The van der Waals surface area contributed by atoms with E-state index in [1.807, 2.05) is 0 Å². The number of hydrogen-bond donors (Lipinski definition) is 0. The van der Waals surface area contributed by atoms with Crippen molar-refractivity contribution in [2.45, 2.75) is 25.7 Å². The van der Waals surface area contributed by atoms with Crippen LogP contribution in [-0.4, -0.2) is 0 Å². The Labute approximate surface area is 73.0 Å². The summed E-state index contributed by atoms with van der Waals surface area (Å²) in [6.07, 6.45) is 14.3. The van der Waals surface area contributed by atoms with Gasteiger partial charge in [0.1, 0.15) is 0 Å². The predicted molar refractivity (Wildman–Crippen MR) is 50.8 cm³/mol. The van der Waals surface area contributed by atoms with E-state index in [1.54, 1.807) is 22.3 Å². The van der Waals surface area contributed by atoms with E-state index >= 15 is 0 Å². The summed E-state index contributed by atoms with van der Waals surface area (Å²) in [7, 11) is 0. The van der Waals surface area contributed by atoms with Gasteiger partial charge >= 0.3 is 0 Å². The molecule has 0 unspecified atom stereocenters. The molecule has 0 heteroatoms. The molecule has 0 aromatic rings. The van der Waals surface area contributed by atoms with Crippen molar-refractivity contribution in [2.75, 3.05) is 0 Å². The Morgan fingerprint density at radius 2 is 2.00 bits per heavy atom. The molecule has 0 aromatic carbocycles. The van der Waals surface area contributed by atoms with Crippen LogP contribution in [0.25, 0.3) is 0 Å². The second kappa shape index (κ2) is 2.22. The van der Waals surface area contributed by atoms with Crippen molar-refractivity contribution < 1.29 is 0 Å². The van der Waals surface area contributed by atoms with Gasteiger partial charge in [0, 0.05) is 0 Å². The first kappa shape index (κ1) is 6.47. The van der Waals surface area contributed by atoms with E-state index in [0.717, 1.165) is 0 Å². The van der Waals surface area contributed by atoms with Gasteiger partial charge in [0.2, 0.25) is 0 Å². The van der Waals surface area contributed by atoms with Crippen LogP contribution in [0.1, 0.15) is 25.7 Å². The summed E-state index contributed by atoms with van der Waals surface area (Å²) in [5, 5.41) is 0. The average molecular weight is 156 g/mol. The lowest BCUT2D eigenvalue weighted by atomic mass is 9.78. The largest absolute Gasteiger partial charge is 0.0617 e. The highest BCUT2D eigenvalue weighted by Crippen LogP contribution is 2.39. The van der Waals surface area contributed by atoms with Crippen LogP contribution >= 0.6 is 0 Å². The number of hydrogen-bond acceptors (Lipinski definition) is 0. The van der Waals surface area contributed by atoms with Gasteiger partial charge in [-0.3, -0.25) is 0 Å². The summed E-state index contributed by atoms with van der Waals surface area (Å²) in [4.78, 5) is 0. The molecule has 0 saturated heterocycles. The molecular formula is C12H12. The molecule has 0 heterocycles. The van der Waals surface area contributed by atoms with Crippen molar-refractivity contribution in [1.82, 2.24) is 0 Å². The minimum atomic E-state index is 1.21. The van der Waals surface area contributed by atoms with Crippen molar-refractivity contribution in [3.63, 3.8) is 0 Å². The smallest absolute Gasteiger partial charge is 0.00203 e. The van der Waals surface area contributed by atoms with Crippen LogP contribution in [0.3, 0.4) is 0 Å². The van der Waals surface area contributed by atoms with Crippen molar-refractivity contribution >= 4 is 0 Å². The second-order valence-corrected chi connectivity index (χ2v) is 3.80. The molecule has 0 saturated carbocycles. The minimum absolute atomic E-state index is 1.21. The lowest BCUT2D eigenvalue weighted by Gasteiger charge is -2.27. The van der Waals surface area contributed by atoms with Crippen LogP contribution in [0.4, 0.5) is 0 Å². The maximum absolute atomic E-state index is 2.41. The van der Waals surface area contributed by atoms with Crippen molar-refractivity contribution in [1.29, 1.82) is 0 Å². The monoisotopic (exact) mass is 156 g/mol. The molecule has 3 rings (SSSR count). The Bertz CT molecular complexity index is 348. The highest BCUT2D eigenvalue weighted by molar-refractivity contribution is 5.55. The summed E-state index contributed by atoms with van der Waals surface area (Å²) in [5.41, 5.74) is 6.33. The van der Waals surface area contributed by atoms with Crippen molar-refractivity contribution in [2.24, 2.45) is 0 Å². The fraction of sp³-hybridized carbons (Fsp3) is 0.333. The Kier molecular flexibility index (Phi) is 1.20. The van der Waals surface area contributed by atoms with Gasteiger partial charge in [0.15, 0.2) is 0 Å². The topological polar surface area (TPSA) is 0 Å². The highest BCUT2D eigenvalue weighted by Gasteiger charge is 2.20. The van der Waals surface area contributed by atoms with Crippen LogP contribution in [0.15, 0.2) is 46.6 Å². The van der Waals surface area contributed by atoms with Crippen LogP contribution < -0.4 is 0 Å². The second-order valence-electron chi connectivity index (χ2n) is 3.80. The highest BCUT2D eigenvalue weighted by atomic mass is 14.3. The predicted octanol–water partition coefficient (Wildman–Crippen LogP) is 3.29. The molecule has 0 aromatic heterocycles. The molecule has 0 N–H and O–H groups in total. The molecule has 0 aliphatic heterocycles. The van der Waals surface area contributed by atoms with Gasteiger partial charge in [-0.1, -0.05) is 24.3 Å². The van der Waals surface area contributed by atoms with Gasteiger partial charge in [-0.2, -0.15) is 0 Å². The van der Waals surface area contributed by atoms with E-state index in [4.69, 9.17) is 0 Å². The fourth-order valence-electron chi connectivity index (χ4n) is 2.38. The van der Waals surface area contributed by atoms with Gasteiger partial charge in [0.25, 0.3) is 0 Å². The molecule has 0 atom stereocenters. The lowest BCUT2D eigenvalue weighted by Crippen LogP contribution is -2.08. The first-order valence-corrected chi connectivity index (χ1v) is 4.74. The lowest BCUT2D eigenvalue weighted by molar-refractivity contribution is 0.756. The normalized spacial score (nSPS) is 25.3. The first-order chi connectivity index (χ1) is 5.93. The zero-order valence-electron chi connectivity index (χ0n) is 7.14. The molecule has 3 aliphatic rings. The fourth-order valence-corrected chi connectivity index (χ4v) is 2.38. The van der Waals surface area contributed by atoms with Gasteiger partial charge < -0.3 is 0 Å². The molecular weight excluding hydrogens is 144 g/mol. The van der Waals surface area contributed by atoms with Gasteiger partial charge in [-0.15, -0.1) is 0 Å². The van der Waals surface area contributed by atoms with E-state index in [2.05, 4.69) is 24.3 Å². The zero-order chi connectivity index (χ0) is 7.97. The molecule has 3 aliphatic carbocycles. The van der Waals surface area contributed by atoms with E-state index in [1.165, 1.54) is 25.7 Å². The molecule has 0 fully saturated rings. The molecule has 0 spiro atoms. The third-order valence-electron chi connectivity index (χ3n) is 3.04. The maximum atomic E-state index is 2.41. The first-order valence-electron chi connectivity index (χ1n) is 4.74. The molecule has 0 radical (unpaired) electrons. The SMILES string of the molecule is C1=CC2=C3C=C(CCC3)C(=C1)C2. The Hall–Kier alpha value is -1.04. The van der Waals surface area contributed by atoms with Gasteiger partial charge in [-0.25, -0.2) is 0 Å². The maximum Gasteiger partial charge on any atom is -0.00203 e. The Balaban J connectivity index is 2.22. The summed E-state index contributed by atoms with van der Waals surface area (Å²) in [6, 6.07) is 0.